The van der Waals surface area contributed by atoms with Gasteiger partial charge in [0.05, 0.1) is 5.56 Å². The first-order valence-electron chi connectivity index (χ1n) is 7.49. The lowest BCUT2D eigenvalue weighted by Gasteiger charge is -2.33. The van der Waals surface area contributed by atoms with Crippen LogP contribution in [0.25, 0.3) is 0 Å². The number of piperidine rings is 1. The molecule has 2 rings (SSSR count). The Morgan fingerprint density at radius 1 is 1.38 bits per heavy atom. The summed E-state index contributed by atoms with van der Waals surface area (Å²) in [6, 6.07) is 2.59. The summed E-state index contributed by atoms with van der Waals surface area (Å²) in [7, 11) is 0. The number of rotatable bonds is 5. The molecular weight excluding hydrogens is 279 g/mol. The number of nitrogens with one attached hydrogen (secondary N) is 1. The van der Waals surface area contributed by atoms with E-state index in [9.17, 15) is 13.2 Å². The van der Waals surface area contributed by atoms with E-state index in [1.54, 1.807) is 0 Å². The summed E-state index contributed by atoms with van der Waals surface area (Å²) < 4.78 is 37.6. The van der Waals surface area contributed by atoms with E-state index in [0.717, 1.165) is 57.7 Å². The zero-order valence-electron chi connectivity index (χ0n) is 12.3. The van der Waals surface area contributed by atoms with Gasteiger partial charge in [0.1, 0.15) is 5.82 Å². The highest BCUT2D eigenvalue weighted by Gasteiger charge is 2.31. The molecule has 118 valence electrons. The topological polar surface area (TPSA) is 28.2 Å². The molecule has 3 nitrogen and oxygen atoms in total. The molecule has 1 atom stereocenters. The molecule has 1 aromatic rings. The Hall–Kier alpha value is -1.30. The molecular formula is C15H22F3N3. The molecule has 0 saturated carbocycles. The SMILES string of the molecule is CCCNCC1CCCN(c2ccc(C(F)(F)F)cn2)C1. The summed E-state index contributed by atoms with van der Waals surface area (Å²) in [6.07, 6.45) is -0.0692. The summed E-state index contributed by atoms with van der Waals surface area (Å²) in [5.41, 5.74) is -0.690. The van der Waals surface area contributed by atoms with Gasteiger partial charge in [0.15, 0.2) is 0 Å². The van der Waals surface area contributed by atoms with E-state index in [2.05, 4.69) is 22.1 Å². The van der Waals surface area contributed by atoms with Crippen LogP contribution in [-0.2, 0) is 6.18 Å². The van der Waals surface area contributed by atoms with Gasteiger partial charge in [-0.2, -0.15) is 13.2 Å². The molecule has 0 amide bonds. The summed E-state index contributed by atoms with van der Waals surface area (Å²) in [6.45, 7) is 5.82. The van der Waals surface area contributed by atoms with Gasteiger partial charge in [-0.3, -0.25) is 0 Å². The predicted molar refractivity (Wildman–Crippen MR) is 77.3 cm³/mol. The van der Waals surface area contributed by atoms with Gasteiger partial charge in [0.2, 0.25) is 0 Å². The summed E-state index contributed by atoms with van der Waals surface area (Å²) in [4.78, 5) is 6.07. The maximum absolute atomic E-state index is 12.5. The third-order valence-corrected chi connectivity index (χ3v) is 3.78. The molecule has 0 spiro atoms. The van der Waals surface area contributed by atoms with E-state index in [1.807, 2.05) is 0 Å². The maximum atomic E-state index is 12.5. The molecule has 1 aliphatic rings. The van der Waals surface area contributed by atoms with Crippen molar-refractivity contribution in [1.29, 1.82) is 0 Å². The zero-order chi connectivity index (χ0) is 15.3. The van der Waals surface area contributed by atoms with Crippen molar-refractivity contribution in [3.63, 3.8) is 0 Å². The quantitative estimate of drug-likeness (QED) is 0.846. The highest BCUT2D eigenvalue weighted by molar-refractivity contribution is 5.40. The fourth-order valence-corrected chi connectivity index (χ4v) is 2.66. The number of hydrogen-bond donors (Lipinski definition) is 1. The highest BCUT2D eigenvalue weighted by Crippen LogP contribution is 2.30. The van der Waals surface area contributed by atoms with E-state index in [1.165, 1.54) is 6.07 Å². The van der Waals surface area contributed by atoms with Gasteiger partial charge in [-0.1, -0.05) is 6.92 Å². The molecule has 1 N–H and O–H groups in total. The number of halogens is 3. The van der Waals surface area contributed by atoms with Crippen LogP contribution in [0.15, 0.2) is 18.3 Å². The second-order valence-electron chi connectivity index (χ2n) is 5.56. The third-order valence-electron chi connectivity index (χ3n) is 3.78. The van der Waals surface area contributed by atoms with Crippen molar-refractivity contribution in [3.8, 4) is 0 Å². The average Bonchev–Trinajstić information content (AvgIpc) is 2.47. The van der Waals surface area contributed by atoms with Gasteiger partial charge >= 0.3 is 6.18 Å². The van der Waals surface area contributed by atoms with Crippen LogP contribution in [0.3, 0.4) is 0 Å². The molecule has 0 aliphatic carbocycles. The molecule has 1 saturated heterocycles. The Kier molecular flexibility index (Phi) is 5.45. The maximum Gasteiger partial charge on any atom is 0.417 e. The van der Waals surface area contributed by atoms with Crippen LogP contribution >= 0.6 is 0 Å². The van der Waals surface area contributed by atoms with Crippen LogP contribution in [0.4, 0.5) is 19.0 Å². The van der Waals surface area contributed by atoms with Crippen LogP contribution in [-0.4, -0.2) is 31.2 Å². The van der Waals surface area contributed by atoms with Crippen molar-refractivity contribution in [1.82, 2.24) is 10.3 Å². The molecule has 1 aliphatic heterocycles. The van der Waals surface area contributed by atoms with Crippen molar-refractivity contribution >= 4 is 5.82 Å². The Bertz CT molecular complexity index is 431. The minimum Gasteiger partial charge on any atom is -0.356 e. The van der Waals surface area contributed by atoms with Crippen molar-refractivity contribution < 1.29 is 13.2 Å². The van der Waals surface area contributed by atoms with Crippen molar-refractivity contribution in [2.45, 2.75) is 32.4 Å². The molecule has 1 fully saturated rings. The fourth-order valence-electron chi connectivity index (χ4n) is 2.66. The van der Waals surface area contributed by atoms with Crippen molar-refractivity contribution in [3.05, 3.63) is 23.9 Å². The van der Waals surface area contributed by atoms with E-state index < -0.39 is 11.7 Å². The van der Waals surface area contributed by atoms with Crippen molar-refractivity contribution in [2.75, 3.05) is 31.1 Å². The summed E-state index contributed by atoms with van der Waals surface area (Å²) in [5, 5.41) is 3.41. The lowest BCUT2D eigenvalue weighted by molar-refractivity contribution is -0.137. The molecule has 6 heteroatoms. The van der Waals surface area contributed by atoms with Crippen LogP contribution < -0.4 is 10.2 Å². The second-order valence-corrected chi connectivity index (χ2v) is 5.56. The molecule has 2 heterocycles. The van der Waals surface area contributed by atoms with Gasteiger partial charge in [0.25, 0.3) is 0 Å². The third kappa shape index (κ3) is 4.59. The first-order chi connectivity index (χ1) is 10.0. The standard InChI is InChI=1S/C15H22F3N3/c1-2-7-19-9-12-4-3-8-21(11-12)14-6-5-13(10-20-14)15(16,17)18/h5-6,10,12,19H,2-4,7-9,11H2,1H3. The van der Waals surface area contributed by atoms with Crippen LogP contribution in [0.1, 0.15) is 31.7 Å². The van der Waals surface area contributed by atoms with Crippen LogP contribution in [0.2, 0.25) is 0 Å². The Morgan fingerprint density at radius 2 is 2.19 bits per heavy atom. The molecule has 0 aromatic carbocycles. The summed E-state index contributed by atoms with van der Waals surface area (Å²) in [5.74, 6) is 1.18. The number of anilines is 1. The minimum absolute atomic E-state index is 0.536. The Balaban J connectivity index is 1.94. The number of pyridine rings is 1. The molecule has 0 bridgehead atoms. The van der Waals surface area contributed by atoms with Gasteiger partial charge in [-0.05, 0) is 50.4 Å². The fraction of sp³-hybridized carbons (Fsp3) is 0.667. The van der Waals surface area contributed by atoms with Gasteiger partial charge in [0, 0.05) is 19.3 Å². The minimum atomic E-state index is -4.32. The average molecular weight is 301 g/mol. The Labute approximate surface area is 123 Å². The second kappa shape index (κ2) is 7.11. The van der Waals surface area contributed by atoms with Gasteiger partial charge in [-0.15, -0.1) is 0 Å². The smallest absolute Gasteiger partial charge is 0.356 e. The lowest BCUT2D eigenvalue weighted by atomic mass is 9.98. The van der Waals surface area contributed by atoms with E-state index >= 15 is 0 Å². The van der Waals surface area contributed by atoms with Crippen LogP contribution in [0, 0.1) is 5.92 Å². The number of hydrogen-bond acceptors (Lipinski definition) is 3. The number of alkyl halides is 3. The lowest BCUT2D eigenvalue weighted by Crippen LogP contribution is -2.40. The van der Waals surface area contributed by atoms with E-state index in [0.29, 0.717) is 11.7 Å². The Morgan fingerprint density at radius 3 is 2.81 bits per heavy atom. The van der Waals surface area contributed by atoms with Crippen LogP contribution in [0.5, 0.6) is 0 Å². The number of nitrogens with zero attached hydrogens (tertiary/aromatic N) is 2. The zero-order valence-corrected chi connectivity index (χ0v) is 12.3. The predicted octanol–water partition coefficient (Wildman–Crippen LogP) is 3.32. The monoisotopic (exact) mass is 301 g/mol. The molecule has 21 heavy (non-hydrogen) atoms. The number of aromatic nitrogens is 1. The van der Waals surface area contributed by atoms with E-state index in [4.69, 9.17) is 0 Å². The first kappa shape index (κ1) is 16.1. The largest absolute Gasteiger partial charge is 0.417 e. The van der Waals surface area contributed by atoms with E-state index in [-0.39, 0.29) is 0 Å². The van der Waals surface area contributed by atoms with Gasteiger partial charge < -0.3 is 10.2 Å². The highest BCUT2D eigenvalue weighted by atomic mass is 19.4. The molecule has 1 aromatic heterocycles. The normalized spacial score (nSPS) is 19.8. The molecule has 0 radical (unpaired) electrons. The van der Waals surface area contributed by atoms with Crippen molar-refractivity contribution in [2.24, 2.45) is 5.92 Å². The van der Waals surface area contributed by atoms with Gasteiger partial charge in [-0.25, -0.2) is 4.98 Å². The first-order valence-corrected chi connectivity index (χ1v) is 7.49. The summed E-state index contributed by atoms with van der Waals surface area (Å²) >= 11 is 0. The molecule has 1 unspecified atom stereocenters.